The first-order valence-electron chi connectivity index (χ1n) is 11.6. The fourth-order valence-electron chi connectivity index (χ4n) is 3.69. The first-order valence-corrected chi connectivity index (χ1v) is 13.0. The van der Waals surface area contributed by atoms with E-state index in [9.17, 15) is 27.6 Å². The summed E-state index contributed by atoms with van der Waals surface area (Å²) in [5.41, 5.74) is 2.74. The summed E-state index contributed by atoms with van der Waals surface area (Å²) in [6.07, 6.45) is -4.29. The topological polar surface area (TPSA) is 162 Å². The maximum Gasteiger partial charge on any atom is 0.453 e. The van der Waals surface area contributed by atoms with E-state index in [1.165, 1.54) is 37.5 Å². The normalized spacial score (nSPS) is 11.2. The SMILES string of the molecule is COC(=O)N(C)NC(=O)c1cc(I)cc(C)c1NC(=O)c1cc(Cn2nnnc2C(F)(F)F)nn1-c1ncccc1Cl. The highest BCUT2D eigenvalue weighted by molar-refractivity contribution is 14.1. The second-order valence-electron chi connectivity index (χ2n) is 8.47. The van der Waals surface area contributed by atoms with Gasteiger partial charge in [-0.25, -0.2) is 24.2 Å². The van der Waals surface area contributed by atoms with E-state index < -0.39 is 36.5 Å². The summed E-state index contributed by atoms with van der Waals surface area (Å²) >= 11 is 8.28. The third kappa shape index (κ3) is 6.59. The minimum atomic E-state index is -4.84. The van der Waals surface area contributed by atoms with E-state index in [2.05, 4.69) is 41.1 Å². The molecule has 0 spiro atoms. The maximum atomic E-state index is 13.7. The lowest BCUT2D eigenvalue weighted by atomic mass is 10.1. The number of aryl methyl sites for hydroxylation is 1. The fourth-order valence-corrected chi connectivity index (χ4v) is 4.67. The minimum Gasteiger partial charge on any atom is -0.452 e. The van der Waals surface area contributed by atoms with E-state index >= 15 is 0 Å². The number of hydrogen-bond acceptors (Lipinski definition) is 9. The number of rotatable bonds is 6. The quantitative estimate of drug-likeness (QED) is 0.225. The molecule has 0 fully saturated rings. The molecular formula is C23H19ClF3IN10O4. The number of alkyl halides is 3. The van der Waals surface area contributed by atoms with Gasteiger partial charge in [0.15, 0.2) is 5.82 Å². The van der Waals surface area contributed by atoms with E-state index in [4.69, 9.17) is 11.6 Å². The van der Waals surface area contributed by atoms with Crippen LogP contribution in [0.5, 0.6) is 0 Å². The predicted octanol–water partition coefficient (Wildman–Crippen LogP) is 3.48. The number of tetrazole rings is 1. The van der Waals surface area contributed by atoms with Gasteiger partial charge in [0.05, 0.1) is 35.6 Å². The number of benzene rings is 1. The van der Waals surface area contributed by atoms with Crippen LogP contribution in [-0.4, -0.2) is 72.0 Å². The molecule has 14 nitrogen and oxygen atoms in total. The van der Waals surface area contributed by atoms with Crippen molar-refractivity contribution in [3.05, 3.63) is 73.5 Å². The summed E-state index contributed by atoms with van der Waals surface area (Å²) in [5.74, 6) is -2.88. The van der Waals surface area contributed by atoms with Crippen molar-refractivity contribution in [2.24, 2.45) is 0 Å². The summed E-state index contributed by atoms with van der Waals surface area (Å²) in [5, 5.41) is 17.3. The second-order valence-corrected chi connectivity index (χ2v) is 10.1. The van der Waals surface area contributed by atoms with Crippen LogP contribution >= 0.6 is 34.2 Å². The number of pyridine rings is 1. The minimum absolute atomic E-state index is 0.00849. The Bertz CT molecular complexity index is 1680. The van der Waals surface area contributed by atoms with Gasteiger partial charge in [-0.15, -0.1) is 5.10 Å². The molecule has 0 unspecified atom stereocenters. The Labute approximate surface area is 253 Å². The molecule has 42 heavy (non-hydrogen) atoms. The summed E-state index contributed by atoms with van der Waals surface area (Å²) in [4.78, 5) is 42.6. The zero-order chi connectivity index (χ0) is 30.8. The third-order valence-electron chi connectivity index (χ3n) is 5.53. The number of hydrogen-bond donors (Lipinski definition) is 2. The van der Waals surface area contributed by atoms with Crippen molar-refractivity contribution >= 4 is 57.8 Å². The van der Waals surface area contributed by atoms with Crippen LogP contribution in [0.15, 0.2) is 36.5 Å². The fraction of sp³-hybridized carbons (Fsp3) is 0.217. The zero-order valence-electron chi connectivity index (χ0n) is 21.8. The number of carbonyl (C=O) groups is 3. The molecule has 4 rings (SSSR count). The average Bonchev–Trinajstić information content (AvgIpc) is 3.57. The monoisotopic (exact) mass is 718 g/mol. The second kappa shape index (κ2) is 12.3. The number of anilines is 1. The number of methoxy groups -OCH3 is 1. The largest absolute Gasteiger partial charge is 0.453 e. The molecule has 4 aromatic rings. The number of carbonyl (C=O) groups excluding carboxylic acids is 3. The van der Waals surface area contributed by atoms with E-state index in [-0.39, 0.29) is 33.5 Å². The van der Waals surface area contributed by atoms with E-state index in [1.807, 2.05) is 22.6 Å². The summed E-state index contributed by atoms with van der Waals surface area (Å²) < 4.78 is 46.8. The van der Waals surface area contributed by atoms with E-state index in [1.54, 1.807) is 13.0 Å². The van der Waals surface area contributed by atoms with Gasteiger partial charge in [0, 0.05) is 16.8 Å². The van der Waals surface area contributed by atoms with Gasteiger partial charge in [-0.05, 0) is 75.8 Å². The van der Waals surface area contributed by atoms with E-state index in [0.29, 0.717) is 13.8 Å². The molecule has 0 atom stereocenters. The smallest absolute Gasteiger partial charge is 0.452 e. The van der Waals surface area contributed by atoms with Crippen molar-refractivity contribution < 1.29 is 32.3 Å². The van der Waals surface area contributed by atoms with Crippen molar-refractivity contribution in [1.82, 2.24) is 45.4 Å². The third-order valence-corrected chi connectivity index (χ3v) is 6.45. The van der Waals surface area contributed by atoms with Gasteiger partial charge < -0.3 is 10.1 Å². The lowest BCUT2D eigenvalue weighted by Crippen LogP contribution is -2.43. The van der Waals surface area contributed by atoms with Crippen LogP contribution < -0.4 is 10.7 Å². The number of aromatic nitrogens is 7. The molecule has 0 saturated carbocycles. The molecule has 0 saturated heterocycles. The lowest BCUT2D eigenvalue weighted by molar-refractivity contribution is -0.147. The number of nitrogens with zero attached hydrogens (tertiary/aromatic N) is 8. The highest BCUT2D eigenvalue weighted by Crippen LogP contribution is 2.28. The molecular weight excluding hydrogens is 700 g/mol. The Morgan fingerprint density at radius 1 is 1.19 bits per heavy atom. The molecule has 3 aromatic heterocycles. The Morgan fingerprint density at radius 2 is 1.93 bits per heavy atom. The lowest BCUT2D eigenvalue weighted by Gasteiger charge is -2.19. The molecule has 0 aliphatic heterocycles. The summed E-state index contributed by atoms with van der Waals surface area (Å²) in [7, 11) is 2.41. The van der Waals surface area contributed by atoms with Gasteiger partial charge in [0.1, 0.15) is 5.69 Å². The molecule has 3 amide bonds. The zero-order valence-corrected chi connectivity index (χ0v) is 24.7. The maximum absolute atomic E-state index is 13.7. The summed E-state index contributed by atoms with van der Waals surface area (Å²) in [6.45, 7) is 1.10. The van der Waals surface area contributed by atoms with Crippen LogP contribution in [0.1, 0.15) is 37.9 Å². The molecule has 0 radical (unpaired) electrons. The average molecular weight is 719 g/mol. The summed E-state index contributed by atoms with van der Waals surface area (Å²) in [6, 6.07) is 7.43. The van der Waals surface area contributed by atoms with Gasteiger partial charge in [-0.2, -0.15) is 18.3 Å². The molecule has 0 aliphatic rings. The van der Waals surface area contributed by atoms with Gasteiger partial charge >= 0.3 is 12.3 Å². The van der Waals surface area contributed by atoms with Crippen LogP contribution in [0.2, 0.25) is 5.02 Å². The standard InChI is InChI=1S/C23H19ClF3IN10O4/c1-11-7-12(28)8-14(19(39)33-36(2)22(41)42-3)17(11)30-20(40)16-9-13(10-37-21(23(25,26)27)31-34-35-37)32-38(16)18-15(24)5-4-6-29-18/h4-9H,10H2,1-3H3,(H,30,40)(H,33,39). The first kappa shape index (κ1) is 30.6. The van der Waals surface area contributed by atoms with Crippen LogP contribution in [0, 0.1) is 10.5 Å². The molecule has 2 N–H and O–H groups in total. The Kier molecular flexibility index (Phi) is 8.95. The van der Waals surface area contributed by atoms with E-state index in [0.717, 1.165) is 16.8 Å². The predicted molar refractivity (Wildman–Crippen MR) is 148 cm³/mol. The van der Waals surface area contributed by atoms with Crippen LogP contribution in [-0.2, 0) is 17.5 Å². The van der Waals surface area contributed by atoms with Gasteiger partial charge in [0.2, 0.25) is 0 Å². The number of halogens is 5. The Morgan fingerprint density at radius 3 is 2.60 bits per heavy atom. The molecule has 19 heteroatoms. The number of ether oxygens (including phenoxy) is 1. The molecule has 3 heterocycles. The van der Waals surface area contributed by atoms with Crippen LogP contribution in [0.25, 0.3) is 5.82 Å². The van der Waals surface area contributed by atoms with Gasteiger partial charge in [-0.1, -0.05) is 11.6 Å². The highest BCUT2D eigenvalue weighted by atomic mass is 127. The van der Waals surface area contributed by atoms with Crippen molar-refractivity contribution in [2.75, 3.05) is 19.5 Å². The van der Waals surface area contributed by atoms with Gasteiger partial charge in [0.25, 0.3) is 17.6 Å². The first-order chi connectivity index (χ1) is 19.8. The molecule has 0 aliphatic carbocycles. The number of amides is 3. The highest BCUT2D eigenvalue weighted by Gasteiger charge is 2.38. The molecule has 1 aromatic carbocycles. The van der Waals surface area contributed by atoms with Crippen LogP contribution in [0.4, 0.5) is 23.7 Å². The van der Waals surface area contributed by atoms with Crippen molar-refractivity contribution in [3.8, 4) is 5.82 Å². The number of hydrazine groups is 1. The number of nitrogens with one attached hydrogen (secondary N) is 2. The van der Waals surface area contributed by atoms with Crippen molar-refractivity contribution in [1.29, 1.82) is 0 Å². The molecule has 220 valence electrons. The van der Waals surface area contributed by atoms with Crippen molar-refractivity contribution in [2.45, 2.75) is 19.6 Å². The molecule has 0 bridgehead atoms. The Balaban J connectivity index is 1.74. The van der Waals surface area contributed by atoms with Gasteiger partial charge in [-0.3, -0.25) is 15.0 Å². The van der Waals surface area contributed by atoms with Crippen molar-refractivity contribution in [3.63, 3.8) is 0 Å². The Hall–Kier alpha value is -4.33. The van der Waals surface area contributed by atoms with Crippen LogP contribution in [0.3, 0.4) is 0 Å².